The van der Waals surface area contributed by atoms with E-state index in [2.05, 4.69) is 0 Å². The number of rotatable bonds is 1. The van der Waals surface area contributed by atoms with Gasteiger partial charge in [-0.05, 0) is 12.1 Å². The normalized spacial score (nSPS) is 14.9. The number of nitriles is 3. The van der Waals surface area contributed by atoms with Crippen LogP contribution in [0.4, 0.5) is 0 Å². The van der Waals surface area contributed by atoms with Gasteiger partial charge in [-0.2, -0.15) is 15.8 Å². The molecule has 0 unspecified atom stereocenters. The summed E-state index contributed by atoms with van der Waals surface area (Å²) in [5, 5.41) is 26.8. The van der Waals surface area contributed by atoms with E-state index in [1.165, 1.54) is 12.1 Å². The Morgan fingerprint density at radius 1 is 0.882 bits per heavy atom. The fourth-order valence-corrected chi connectivity index (χ4v) is 1.63. The molecule has 1 heterocycles. The molecule has 2 rings (SSSR count). The standard InChI is InChI=1S/C12H7N3O2/c13-5-8-3-10(7-15)11(4-9(8)6-14)12-16-1-2-17-12/h3-4,12H,1-2H2. The molecule has 0 N–H and O–H groups in total. The molecular weight excluding hydrogens is 218 g/mol. The van der Waals surface area contributed by atoms with Gasteiger partial charge in [-0.25, -0.2) is 0 Å². The minimum atomic E-state index is -0.621. The molecule has 17 heavy (non-hydrogen) atoms. The summed E-state index contributed by atoms with van der Waals surface area (Å²) in [6.07, 6.45) is -0.621. The van der Waals surface area contributed by atoms with Crippen molar-refractivity contribution >= 4 is 0 Å². The molecule has 0 aliphatic carbocycles. The van der Waals surface area contributed by atoms with Crippen molar-refractivity contribution in [3.63, 3.8) is 0 Å². The second-order valence-corrected chi connectivity index (χ2v) is 3.39. The van der Waals surface area contributed by atoms with E-state index >= 15 is 0 Å². The van der Waals surface area contributed by atoms with Gasteiger partial charge in [0.05, 0.1) is 36.0 Å². The van der Waals surface area contributed by atoms with Gasteiger partial charge < -0.3 is 9.47 Å². The zero-order valence-electron chi connectivity index (χ0n) is 8.80. The summed E-state index contributed by atoms with van der Waals surface area (Å²) < 4.78 is 10.6. The summed E-state index contributed by atoms with van der Waals surface area (Å²) >= 11 is 0. The molecular formula is C12H7N3O2. The third kappa shape index (κ3) is 1.96. The van der Waals surface area contributed by atoms with Crippen LogP contribution in [0.1, 0.15) is 28.5 Å². The molecule has 82 valence electrons. The van der Waals surface area contributed by atoms with E-state index in [1.807, 2.05) is 18.2 Å². The maximum atomic E-state index is 9.01. The topological polar surface area (TPSA) is 89.8 Å². The molecule has 1 aromatic rings. The molecule has 1 saturated heterocycles. The maximum absolute atomic E-state index is 9.01. The van der Waals surface area contributed by atoms with E-state index in [0.29, 0.717) is 24.3 Å². The predicted octanol–water partition coefficient (Wildman–Crippen LogP) is 1.35. The molecule has 0 radical (unpaired) electrons. The quantitative estimate of drug-likeness (QED) is 0.719. The lowest BCUT2D eigenvalue weighted by molar-refractivity contribution is -0.0443. The monoisotopic (exact) mass is 225 g/mol. The Balaban J connectivity index is 2.56. The lowest BCUT2D eigenvalue weighted by Crippen LogP contribution is -2.03. The molecule has 1 fully saturated rings. The average molecular weight is 225 g/mol. The number of hydrogen-bond acceptors (Lipinski definition) is 5. The zero-order valence-corrected chi connectivity index (χ0v) is 8.80. The summed E-state index contributed by atoms with van der Waals surface area (Å²) in [5.74, 6) is 0. The summed E-state index contributed by atoms with van der Waals surface area (Å²) in [7, 11) is 0. The number of hydrogen-bond donors (Lipinski definition) is 0. The van der Waals surface area contributed by atoms with Gasteiger partial charge in [-0.15, -0.1) is 0 Å². The van der Waals surface area contributed by atoms with Crippen LogP contribution in [0, 0.1) is 34.0 Å². The van der Waals surface area contributed by atoms with E-state index < -0.39 is 6.29 Å². The van der Waals surface area contributed by atoms with Crippen molar-refractivity contribution in [1.82, 2.24) is 0 Å². The minimum absolute atomic E-state index is 0.186. The van der Waals surface area contributed by atoms with Crippen LogP contribution in [-0.4, -0.2) is 13.2 Å². The molecule has 5 heteroatoms. The highest BCUT2D eigenvalue weighted by molar-refractivity contribution is 5.54. The second-order valence-electron chi connectivity index (χ2n) is 3.39. The highest BCUT2D eigenvalue weighted by Crippen LogP contribution is 2.28. The van der Waals surface area contributed by atoms with Gasteiger partial charge in [0, 0.05) is 5.56 Å². The van der Waals surface area contributed by atoms with Gasteiger partial charge in [-0.1, -0.05) is 0 Å². The highest BCUT2D eigenvalue weighted by Gasteiger charge is 2.23. The highest BCUT2D eigenvalue weighted by atomic mass is 16.7. The summed E-state index contributed by atoms with van der Waals surface area (Å²) in [6.45, 7) is 0.912. The van der Waals surface area contributed by atoms with Crippen LogP contribution >= 0.6 is 0 Å². The fourth-order valence-electron chi connectivity index (χ4n) is 1.63. The first kappa shape index (κ1) is 11.1. The van der Waals surface area contributed by atoms with Crippen molar-refractivity contribution in [2.24, 2.45) is 0 Å². The molecule has 5 nitrogen and oxygen atoms in total. The Hall–Kier alpha value is -2.39. The molecule has 0 saturated carbocycles. The minimum Gasteiger partial charge on any atom is -0.346 e. The Labute approximate surface area is 98.0 Å². The van der Waals surface area contributed by atoms with Crippen molar-refractivity contribution in [3.8, 4) is 18.2 Å². The van der Waals surface area contributed by atoms with E-state index in [9.17, 15) is 0 Å². The van der Waals surface area contributed by atoms with Crippen LogP contribution in [0.15, 0.2) is 12.1 Å². The van der Waals surface area contributed by atoms with E-state index in [4.69, 9.17) is 25.3 Å². The third-order valence-corrected chi connectivity index (χ3v) is 2.43. The zero-order chi connectivity index (χ0) is 12.3. The Morgan fingerprint density at radius 3 is 1.94 bits per heavy atom. The van der Waals surface area contributed by atoms with Gasteiger partial charge in [0.25, 0.3) is 0 Å². The summed E-state index contributed by atoms with van der Waals surface area (Å²) in [4.78, 5) is 0. The van der Waals surface area contributed by atoms with E-state index in [-0.39, 0.29) is 11.1 Å². The Bertz CT molecular complexity index is 569. The Morgan fingerprint density at radius 2 is 1.41 bits per heavy atom. The first-order chi connectivity index (χ1) is 8.30. The largest absolute Gasteiger partial charge is 0.346 e. The molecule has 0 spiro atoms. The predicted molar refractivity (Wildman–Crippen MR) is 55.2 cm³/mol. The first-order valence-corrected chi connectivity index (χ1v) is 4.91. The first-order valence-electron chi connectivity index (χ1n) is 4.91. The third-order valence-electron chi connectivity index (χ3n) is 2.43. The van der Waals surface area contributed by atoms with Crippen molar-refractivity contribution in [2.45, 2.75) is 6.29 Å². The molecule has 0 atom stereocenters. The fraction of sp³-hybridized carbons (Fsp3) is 0.250. The molecule has 0 aromatic heterocycles. The molecule has 0 bridgehead atoms. The van der Waals surface area contributed by atoms with Crippen LogP contribution in [-0.2, 0) is 9.47 Å². The van der Waals surface area contributed by atoms with Crippen molar-refractivity contribution in [1.29, 1.82) is 15.8 Å². The lowest BCUT2D eigenvalue weighted by atomic mass is 10.00. The van der Waals surface area contributed by atoms with Crippen molar-refractivity contribution in [3.05, 3.63) is 34.4 Å². The molecule has 1 aromatic carbocycles. The van der Waals surface area contributed by atoms with E-state index in [0.717, 1.165) is 0 Å². The van der Waals surface area contributed by atoms with Gasteiger partial charge in [0.2, 0.25) is 0 Å². The maximum Gasteiger partial charge on any atom is 0.185 e. The van der Waals surface area contributed by atoms with Crippen LogP contribution in [0.2, 0.25) is 0 Å². The lowest BCUT2D eigenvalue weighted by Gasteiger charge is -2.11. The van der Waals surface area contributed by atoms with Gasteiger partial charge in [0.15, 0.2) is 6.29 Å². The smallest absolute Gasteiger partial charge is 0.185 e. The molecule has 0 amide bonds. The van der Waals surface area contributed by atoms with Crippen LogP contribution in [0.5, 0.6) is 0 Å². The number of nitrogens with zero attached hydrogens (tertiary/aromatic N) is 3. The van der Waals surface area contributed by atoms with Crippen molar-refractivity contribution in [2.75, 3.05) is 13.2 Å². The number of ether oxygens (including phenoxy) is 2. The van der Waals surface area contributed by atoms with Gasteiger partial charge in [0.1, 0.15) is 12.1 Å². The Kier molecular flexibility index (Phi) is 3.03. The van der Waals surface area contributed by atoms with Gasteiger partial charge in [-0.3, -0.25) is 0 Å². The van der Waals surface area contributed by atoms with Crippen molar-refractivity contribution < 1.29 is 9.47 Å². The van der Waals surface area contributed by atoms with Crippen LogP contribution < -0.4 is 0 Å². The summed E-state index contributed by atoms with van der Waals surface area (Å²) in [6, 6.07) is 8.65. The molecule has 1 aliphatic rings. The number of benzene rings is 1. The second kappa shape index (κ2) is 4.63. The average Bonchev–Trinajstić information content (AvgIpc) is 2.90. The van der Waals surface area contributed by atoms with Gasteiger partial charge >= 0.3 is 0 Å². The van der Waals surface area contributed by atoms with Crippen LogP contribution in [0.3, 0.4) is 0 Å². The molecule has 1 aliphatic heterocycles. The SMILES string of the molecule is N#Cc1cc(C#N)c(C2OCCO2)cc1C#N. The van der Waals surface area contributed by atoms with E-state index in [1.54, 1.807) is 0 Å². The summed E-state index contributed by atoms with van der Waals surface area (Å²) in [5.41, 5.74) is 1.21. The van der Waals surface area contributed by atoms with Crippen LogP contribution in [0.25, 0.3) is 0 Å².